The van der Waals surface area contributed by atoms with E-state index < -0.39 is 38.6 Å². The van der Waals surface area contributed by atoms with Crippen LogP contribution in [-0.2, 0) is 28.2 Å². The second-order valence-corrected chi connectivity index (χ2v) is 15.0. The van der Waals surface area contributed by atoms with E-state index in [0.717, 1.165) is 51.4 Å². The van der Waals surface area contributed by atoms with Crippen LogP contribution >= 0.6 is 7.82 Å². The number of rotatable bonds is 37. The van der Waals surface area contributed by atoms with Gasteiger partial charge in [0, 0.05) is 12.8 Å². The number of carbonyl (C=O) groups is 2. The quantitative estimate of drug-likeness (QED) is 0.0184. The van der Waals surface area contributed by atoms with Crippen molar-refractivity contribution in [3.05, 3.63) is 85.1 Å². The number of unbranched alkanes of at least 4 members (excludes halogenated alkanes) is 13. The zero-order chi connectivity index (χ0) is 40.5. The number of hydrogen-bond donors (Lipinski definition) is 3. The average molecular weight is 791 g/mol. The lowest BCUT2D eigenvalue weighted by Crippen LogP contribution is -2.29. The summed E-state index contributed by atoms with van der Waals surface area (Å²) in [6.45, 7) is 3.36. The number of aliphatic hydroxyl groups is 1. The summed E-state index contributed by atoms with van der Waals surface area (Å²) in [5.41, 5.74) is 0. The molecule has 0 aromatic heterocycles. The number of esters is 2. The molecule has 55 heavy (non-hydrogen) atoms. The van der Waals surface area contributed by atoms with Crippen molar-refractivity contribution in [3.8, 4) is 0 Å². The Hall–Kier alpha value is -2.81. The van der Waals surface area contributed by atoms with Crippen molar-refractivity contribution in [2.75, 3.05) is 13.2 Å². The van der Waals surface area contributed by atoms with Gasteiger partial charge >= 0.3 is 19.8 Å². The molecule has 0 amide bonds. The van der Waals surface area contributed by atoms with E-state index >= 15 is 0 Å². The fourth-order valence-corrected chi connectivity index (χ4v) is 5.70. The number of hydrogen-bond acceptors (Lipinski definition) is 7. The van der Waals surface area contributed by atoms with E-state index in [9.17, 15) is 19.3 Å². The monoisotopic (exact) mass is 791 g/mol. The summed E-state index contributed by atoms with van der Waals surface area (Å²) >= 11 is 0. The van der Waals surface area contributed by atoms with Gasteiger partial charge in [0.15, 0.2) is 6.10 Å². The second kappa shape index (κ2) is 39.4. The van der Waals surface area contributed by atoms with Crippen LogP contribution in [0.4, 0.5) is 0 Å². The molecule has 0 saturated carbocycles. The van der Waals surface area contributed by atoms with Crippen molar-refractivity contribution < 1.29 is 43.0 Å². The van der Waals surface area contributed by atoms with Gasteiger partial charge in [-0.2, -0.15) is 0 Å². The number of ether oxygens (including phenoxy) is 2. The van der Waals surface area contributed by atoms with Crippen molar-refractivity contribution >= 4 is 19.8 Å². The van der Waals surface area contributed by atoms with Gasteiger partial charge in [-0.3, -0.25) is 14.1 Å². The van der Waals surface area contributed by atoms with E-state index in [2.05, 4.69) is 47.9 Å². The molecule has 0 rings (SSSR count). The Balaban J connectivity index is 4.06. The van der Waals surface area contributed by atoms with Gasteiger partial charge in [-0.1, -0.05) is 157 Å². The molecular weight excluding hydrogens is 715 g/mol. The summed E-state index contributed by atoms with van der Waals surface area (Å²) < 4.78 is 26.3. The van der Waals surface area contributed by atoms with Crippen LogP contribution in [0.3, 0.4) is 0 Å². The Morgan fingerprint density at radius 3 is 1.69 bits per heavy atom. The van der Waals surface area contributed by atoms with Gasteiger partial charge in [0.05, 0.1) is 12.7 Å². The normalized spacial score (nSPS) is 13.9. The van der Waals surface area contributed by atoms with Crippen LogP contribution in [0.25, 0.3) is 0 Å². The molecule has 2 atom stereocenters. The SMILES string of the molecule is CC/C=C\C(O)C/C=C/C=C\C/C=C\C/C=C\CCCC(=O)OC[C@H](COP(=O)(O)O)OC(=O)CCCCCCCCCCC/C=C\C/C=C\CCCCC. The number of phosphoric acid groups is 1. The third-order valence-corrected chi connectivity index (χ3v) is 8.96. The summed E-state index contributed by atoms with van der Waals surface area (Å²) in [6.07, 6.45) is 49.3. The lowest BCUT2D eigenvalue weighted by molar-refractivity contribution is -0.161. The van der Waals surface area contributed by atoms with Gasteiger partial charge in [0.25, 0.3) is 0 Å². The van der Waals surface area contributed by atoms with Crippen LogP contribution in [0, 0.1) is 0 Å². The van der Waals surface area contributed by atoms with E-state index in [1.165, 1.54) is 57.8 Å². The lowest BCUT2D eigenvalue weighted by Gasteiger charge is -2.18. The van der Waals surface area contributed by atoms with Crippen LogP contribution in [-0.4, -0.2) is 52.3 Å². The summed E-state index contributed by atoms with van der Waals surface area (Å²) in [6, 6.07) is 0. The van der Waals surface area contributed by atoms with E-state index in [-0.39, 0.29) is 19.4 Å². The predicted molar refractivity (Wildman–Crippen MR) is 226 cm³/mol. The molecule has 0 aromatic carbocycles. The molecule has 0 aliphatic heterocycles. The average Bonchev–Trinajstić information content (AvgIpc) is 3.15. The van der Waals surface area contributed by atoms with Crippen molar-refractivity contribution in [2.45, 2.75) is 174 Å². The highest BCUT2D eigenvalue weighted by atomic mass is 31.2. The Morgan fingerprint density at radius 2 is 1.09 bits per heavy atom. The number of carbonyl (C=O) groups excluding carboxylic acids is 2. The Labute approximate surface area is 334 Å². The highest BCUT2D eigenvalue weighted by molar-refractivity contribution is 7.46. The van der Waals surface area contributed by atoms with E-state index in [1.54, 1.807) is 0 Å². The molecule has 0 heterocycles. The Kier molecular flexibility index (Phi) is 37.4. The van der Waals surface area contributed by atoms with E-state index in [0.29, 0.717) is 25.7 Å². The number of phosphoric ester groups is 1. The van der Waals surface area contributed by atoms with E-state index in [4.69, 9.17) is 19.3 Å². The van der Waals surface area contributed by atoms with Crippen LogP contribution in [0.5, 0.6) is 0 Å². The predicted octanol–water partition coefficient (Wildman–Crippen LogP) is 11.8. The van der Waals surface area contributed by atoms with Crippen LogP contribution in [0.15, 0.2) is 85.1 Å². The van der Waals surface area contributed by atoms with Crippen molar-refractivity contribution in [3.63, 3.8) is 0 Å². The molecule has 0 aromatic rings. The first-order chi connectivity index (χ1) is 26.7. The highest BCUT2D eigenvalue weighted by Crippen LogP contribution is 2.36. The molecule has 3 N–H and O–H groups in total. The molecular formula is C45H75O9P. The molecule has 0 aliphatic carbocycles. The van der Waals surface area contributed by atoms with Gasteiger partial charge in [0.1, 0.15) is 6.61 Å². The van der Waals surface area contributed by atoms with Crippen LogP contribution < -0.4 is 0 Å². The van der Waals surface area contributed by atoms with Crippen molar-refractivity contribution in [1.82, 2.24) is 0 Å². The third kappa shape index (κ3) is 42.2. The summed E-state index contributed by atoms with van der Waals surface area (Å²) in [5, 5.41) is 9.74. The maximum absolute atomic E-state index is 12.4. The molecule has 0 spiro atoms. The van der Waals surface area contributed by atoms with Gasteiger partial charge < -0.3 is 24.4 Å². The first kappa shape index (κ1) is 52.2. The van der Waals surface area contributed by atoms with Gasteiger partial charge in [0.2, 0.25) is 0 Å². The minimum absolute atomic E-state index is 0.166. The van der Waals surface area contributed by atoms with Crippen molar-refractivity contribution in [2.24, 2.45) is 0 Å². The topological polar surface area (TPSA) is 140 Å². The molecule has 0 bridgehead atoms. The first-order valence-electron chi connectivity index (χ1n) is 21.0. The Morgan fingerprint density at radius 1 is 0.582 bits per heavy atom. The molecule has 1 unspecified atom stereocenters. The minimum atomic E-state index is -4.78. The summed E-state index contributed by atoms with van der Waals surface area (Å²) in [4.78, 5) is 42.8. The minimum Gasteiger partial charge on any atom is -0.462 e. The van der Waals surface area contributed by atoms with E-state index in [1.807, 2.05) is 55.5 Å². The Bertz CT molecular complexity index is 1180. The standard InChI is InChI=1S/C45H75O9P/c1-3-5-7-8-9-10-11-12-13-14-15-16-17-18-23-26-29-32-35-39-45(48)54-43(41-53-55(49,50)51)40-52-44(47)38-34-31-28-25-22-20-19-21-24-27-30-33-37-42(46)36-6-4-2/h6,9-10,12-13,19-20,24-25,27-28,30,33,36,42-43,46H,3-5,7-8,11,14-18,21-23,26,29,31-32,34-35,37-41H2,1-2H3,(H2,49,50,51)/b10-9-,13-12-,20-19-,27-24-,28-25-,33-30+,36-6-/t42?,43-/m1/s1. The van der Waals surface area contributed by atoms with Gasteiger partial charge in [-0.05, 0) is 77.0 Å². The second-order valence-electron chi connectivity index (χ2n) is 13.8. The zero-order valence-electron chi connectivity index (χ0n) is 34.2. The van der Waals surface area contributed by atoms with Crippen molar-refractivity contribution in [1.29, 1.82) is 0 Å². The zero-order valence-corrected chi connectivity index (χ0v) is 35.0. The largest absolute Gasteiger partial charge is 0.469 e. The van der Waals surface area contributed by atoms with Gasteiger partial charge in [-0.15, -0.1) is 0 Å². The smallest absolute Gasteiger partial charge is 0.462 e. The van der Waals surface area contributed by atoms with Crippen LogP contribution in [0.2, 0.25) is 0 Å². The lowest BCUT2D eigenvalue weighted by atomic mass is 10.1. The maximum Gasteiger partial charge on any atom is 0.469 e. The number of allylic oxidation sites excluding steroid dienone is 12. The highest BCUT2D eigenvalue weighted by Gasteiger charge is 2.22. The fourth-order valence-electron chi connectivity index (χ4n) is 5.34. The molecule has 0 saturated heterocycles. The summed E-state index contributed by atoms with van der Waals surface area (Å²) in [5.74, 6) is -0.988. The number of aliphatic hydroxyl groups excluding tert-OH is 1. The van der Waals surface area contributed by atoms with Crippen LogP contribution in [0.1, 0.15) is 162 Å². The third-order valence-electron chi connectivity index (χ3n) is 8.47. The fraction of sp³-hybridized carbons (Fsp3) is 0.644. The van der Waals surface area contributed by atoms with Gasteiger partial charge in [-0.25, -0.2) is 4.57 Å². The molecule has 10 heteroatoms. The molecule has 9 nitrogen and oxygen atoms in total. The summed E-state index contributed by atoms with van der Waals surface area (Å²) in [7, 11) is -4.78. The first-order valence-corrected chi connectivity index (χ1v) is 22.5. The molecule has 0 radical (unpaired) electrons. The maximum atomic E-state index is 12.4. The molecule has 314 valence electrons. The molecule has 0 aliphatic rings. The molecule has 0 fully saturated rings.